The van der Waals surface area contributed by atoms with Crippen LogP contribution < -0.4 is 21.5 Å². The molecule has 0 spiro atoms. The number of aromatic nitrogens is 1. The fourth-order valence-corrected chi connectivity index (χ4v) is 6.94. The molecule has 3 aliphatic heterocycles. The molecule has 14 heteroatoms. The average molecular weight is 738 g/mol. The van der Waals surface area contributed by atoms with Crippen molar-refractivity contribution in [3.05, 3.63) is 125 Å². The van der Waals surface area contributed by atoms with E-state index >= 15 is 0 Å². The van der Waals surface area contributed by atoms with Crippen LogP contribution in [0, 0.1) is 0 Å². The van der Waals surface area contributed by atoms with Crippen molar-refractivity contribution in [1.29, 1.82) is 0 Å². The number of rotatable bonds is 10. The van der Waals surface area contributed by atoms with Gasteiger partial charge in [-0.3, -0.25) is 24.2 Å². The number of hydrazine groups is 1. The lowest BCUT2D eigenvalue weighted by Crippen LogP contribution is -2.43. The highest BCUT2D eigenvalue weighted by atomic mass is 19.4. The van der Waals surface area contributed by atoms with Gasteiger partial charge in [0.2, 0.25) is 23.4 Å². The number of nitrogens with zero attached hydrogens (tertiary/aromatic N) is 3. The first-order chi connectivity index (χ1) is 26.0. The zero-order chi connectivity index (χ0) is 37.9. The third-order valence-corrected chi connectivity index (χ3v) is 9.96. The summed E-state index contributed by atoms with van der Waals surface area (Å²) in [6.07, 6.45) is 5.27. The normalized spacial score (nSPS) is 19.2. The van der Waals surface area contributed by atoms with Gasteiger partial charge in [-0.05, 0) is 90.4 Å². The summed E-state index contributed by atoms with van der Waals surface area (Å²) in [4.78, 5) is 59.7. The second kappa shape index (κ2) is 15.2. The number of anilines is 2. The molecule has 4 N–H and O–H groups in total. The van der Waals surface area contributed by atoms with Crippen molar-refractivity contribution in [3.63, 3.8) is 0 Å². The molecule has 3 fully saturated rings. The lowest BCUT2D eigenvalue weighted by molar-refractivity contribution is -0.165. The number of hydrogen-bond donors (Lipinski definition) is 4. The molecule has 0 saturated carbocycles. The van der Waals surface area contributed by atoms with Gasteiger partial charge in [0.15, 0.2) is 0 Å². The van der Waals surface area contributed by atoms with E-state index in [0.717, 1.165) is 23.1 Å². The van der Waals surface area contributed by atoms with Crippen LogP contribution in [0.1, 0.15) is 58.3 Å². The van der Waals surface area contributed by atoms with Gasteiger partial charge < -0.3 is 20.4 Å². The fraction of sp³-hybridized carbons (Fsp3) is 0.275. The van der Waals surface area contributed by atoms with Gasteiger partial charge in [-0.25, -0.2) is 10.9 Å². The highest BCUT2D eigenvalue weighted by Crippen LogP contribution is 2.42. The van der Waals surface area contributed by atoms with Gasteiger partial charge in [-0.2, -0.15) is 13.2 Å². The topological polar surface area (TPSA) is 156 Å². The maximum atomic E-state index is 13.4. The van der Waals surface area contributed by atoms with Gasteiger partial charge in [-0.1, -0.05) is 54.6 Å². The third kappa shape index (κ3) is 7.89. The molecule has 3 saturated heterocycles. The van der Waals surface area contributed by atoms with Crippen LogP contribution in [0.4, 0.5) is 24.5 Å². The maximum absolute atomic E-state index is 13.4. The van der Waals surface area contributed by atoms with E-state index in [-0.39, 0.29) is 35.3 Å². The van der Waals surface area contributed by atoms with Gasteiger partial charge in [0, 0.05) is 42.4 Å². The van der Waals surface area contributed by atoms with Crippen molar-refractivity contribution in [2.24, 2.45) is 0 Å². The van der Waals surface area contributed by atoms with Crippen LogP contribution in [0.25, 0.3) is 12.2 Å². The Bertz CT molecular complexity index is 2040. The van der Waals surface area contributed by atoms with E-state index in [9.17, 15) is 32.3 Å². The zero-order valence-corrected chi connectivity index (χ0v) is 29.1. The molecule has 4 amide bonds. The molecule has 54 heavy (non-hydrogen) atoms. The zero-order valence-electron chi connectivity index (χ0n) is 29.1. The lowest BCUT2D eigenvalue weighted by atomic mass is 10.0. The molecule has 0 unspecified atom stereocenters. The molecule has 0 radical (unpaired) electrons. The summed E-state index contributed by atoms with van der Waals surface area (Å²) in [7, 11) is 0. The van der Waals surface area contributed by atoms with E-state index in [0.29, 0.717) is 43.7 Å². The molecule has 11 nitrogen and oxygen atoms in total. The van der Waals surface area contributed by atoms with Crippen molar-refractivity contribution in [2.45, 2.75) is 56.0 Å². The summed E-state index contributed by atoms with van der Waals surface area (Å²) in [6, 6.07) is 22.2. The first-order valence-electron chi connectivity index (χ1n) is 17.7. The molecule has 0 aliphatic carbocycles. The number of carbonyl (C=O) groups is 4. The van der Waals surface area contributed by atoms with Crippen molar-refractivity contribution >= 4 is 47.2 Å². The van der Waals surface area contributed by atoms with E-state index in [1.165, 1.54) is 29.2 Å². The summed E-state index contributed by atoms with van der Waals surface area (Å²) in [5.74, 6) is -1.07. The minimum atomic E-state index is -4.55. The molecular weight excluding hydrogens is 699 g/mol. The molecular formula is C40H38F3N7O4. The lowest BCUT2D eigenvalue weighted by Gasteiger charge is -2.24. The minimum Gasteiger partial charge on any atom is -0.330 e. The maximum Gasteiger partial charge on any atom is 0.426 e. The first kappa shape index (κ1) is 36.5. The minimum absolute atomic E-state index is 0.0560. The Hall–Kier alpha value is -5.86. The largest absolute Gasteiger partial charge is 0.426 e. The Kier molecular flexibility index (Phi) is 10.3. The Morgan fingerprint density at radius 1 is 0.759 bits per heavy atom. The molecule has 278 valence electrons. The smallest absolute Gasteiger partial charge is 0.330 e. The number of hydrogen-bond acceptors (Lipinski definition) is 7. The van der Waals surface area contributed by atoms with Crippen molar-refractivity contribution < 1.29 is 32.3 Å². The Morgan fingerprint density at radius 2 is 1.30 bits per heavy atom. The summed E-state index contributed by atoms with van der Waals surface area (Å²) >= 11 is 0. The van der Waals surface area contributed by atoms with Gasteiger partial charge in [0.25, 0.3) is 5.91 Å². The third-order valence-electron chi connectivity index (χ3n) is 9.96. The Labute approximate surface area is 309 Å². The molecule has 0 bridgehead atoms. The average Bonchev–Trinajstić information content (AvgIpc) is 3.60. The van der Waals surface area contributed by atoms with Gasteiger partial charge in [0.05, 0.1) is 6.42 Å². The van der Waals surface area contributed by atoms with Gasteiger partial charge in [0.1, 0.15) is 12.1 Å². The predicted molar refractivity (Wildman–Crippen MR) is 196 cm³/mol. The number of nitrogens with one attached hydrogen (secondary N) is 4. The molecule has 3 aromatic carbocycles. The summed E-state index contributed by atoms with van der Waals surface area (Å²) in [6.45, 7) is 0.904. The summed E-state index contributed by atoms with van der Waals surface area (Å²) in [5, 5.41) is 5.82. The number of alkyl halides is 3. The standard InChI is InChI=1S/C40H38F3N7O4/c41-40(42,43)39(47-48-39)30-15-13-29(14-16-30)38(54)50-23-3-6-34(50)37(53)46-32-19-11-27(12-20-32)8-7-26-9-17-31(18-10-26)45-36(52)33-5-2-22-49(33)35(51)24-28-4-1-21-44-25-28/h1,4,7-21,25,33-34,47-48H,2-3,5-6,22-24H2,(H,45,52)(H,46,53)/t33-,34-/m0/s1. The first-order valence-corrected chi connectivity index (χ1v) is 17.7. The number of benzene rings is 3. The quantitative estimate of drug-likeness (QED) is 0.124. The molecule has 2 atom stereocenters. The van der Waals surface area contributed by atoms with E-state index in [1.807, 2.05) is 54.6 Å². The number of carbonyl (C=O) groups excluding carboxylic acids is 4. The van der Waals surface area contributed by atoms with E-state index in [1.54, 1.807) is 35.5 Å². The molecule has 4 heterocycles. The van der Waals surface area contributed by atoms with Crippen LogP contribution in [-0.4, -0.2) is 69.8 Å². The van der Waals surface area contributed by atoms with Crippen LogP contribution in [0.3, 0.4) is 0 Å². The Morgan fingerprint density at radius 3 is 1.80 bits per heavy atom. The Balaban J connectivity index is 0.898. The number of likely N-dealkylation sites (tertiary alicyclic amines) is 2. The molecule has 4 aromatic rings. The molecule has 1 aromatic heterocycles. The summed E-state index contributed by atoms with van der Waals surface area (Å²) in [5.41, 5.74) is 5.91. The van der Waals surface area contributed by atoms with Gasteiger partial charge in [-0.15, -0.1) is 0 Å². The van der Waals surface area contributed by atoms with Crippen LogP contribution in [0.15, 0.2) is 97.3 Å². The van der Waals surface area contributed by atoms with Crippen molar-refractivity contribution in [1.82, 2.24) is 25.6 Å². The van der Waals surface area contributed by atoms with Crippen molar-refractivity contribution in [3.8, 4) is 0 Å². The van der Waals surface area contributed by atoms with E-state index in [2.05, 4.69) is 26.5 Å². The molecule has 7 rings (SSSR count). The van der Waals surface area contributed by atoms with Crippen molar-refractivity contribution in [2.75, 3.05) is 23.7 Å². The van der Waals surface area contributed by atoms with E-state index in [4.69, 9.17) is 0 Å². The van der Waals surface area contributed by atoms with Gasteiger partial charge >= 0.3 is 6.18 Å². The van der Waals surface area contributed by atoms with Crippen LogP contribution >= 0.6 is 0 Å². The number of pyridine rings is 1. The molecule has 3 aliphatic rings. The summed E-state index contributed by atoms with van der Waals surface area (Å²) < 4.78 is 40.2. The van der Waals surface area contributed by atoms with Crippen LogP contribution in [0.2, 0.25) is 0 Å². The van der Waals surface area contributed by atoms with Crippen LogP contribution in [-0.2, 0) is 26.5 Å². The SMILES string of the molecule is O=C(Nc1ccc(C=Cc2ccc(NC(=O)[C@@H]3CCCN3C(=O)c3ccc(C4(C(F)(F)F)NN4)cc3)cc2)cc1)[C@@H]1CCCN1C(=O)Cc1cccnc1. The highest BCUT2D eigenvalue weighted by Gasteiger charge is 2.65. The fourth-order valence-electron chi connectivity index (χ4n) is 6.94. The second-order valence-corrected chi connectivity index (χ2v) is 13.6. The number of amides is 4. The van der Waals surface area contributed by atoms with Crippen LogP contribution in [0.5, 0.6) is 0 Å². The second-order valence-electron chi connectivity index (χ2n) is 13.6. The predicted octanol–water partition coefficient (Wildman–Crippen LogP) is 5.49. The van der Waals surface area contributed by atoms with E-state index < -0.39 is 29.8 Å². The monoisotopic (exact) mass is 737 g/mol. The highest BCUT2D eigenvalue weighted by molar-refractivity contribution is 6.02. The number of halogens is 3.